The zero-order valence-corrected chi connectivity index (χ0v) is 14.5. The number of rotatable bonds is 2. The third-order valence-corrected chi connectivity index (χ3v) is 5.67. The molecular weight excluding hydrogens is 310 g/mol. The number of aryl methyl sites for hydroxylation is 1. The largest absolute Gasteiger partial charge is 0.438 e. The van der Waals surface area contributed by atoms with Crippen LogP contribution in [0.5, 0.6) is 0 Å². The normalized spacial score (nSPS) is 26.2. The van der Waals surface area contributed by atoms with Crippen molar-refractivity contribution in [1.82, 2.24) is 14.8 Å². The molecule has 1 unspecified atom stereocenters. The Morgan fingerprint density at radius 2 is 2.04 bits per heavy atom. The van der Waals surface area contributed by atoms with E-state index in [0.717, 1.165) is 19.3 Å². The minimum atomic E-state index is -0.500. The molecule has 1 spiro atoms. The number of likely N-dealkylation sites (tertiary alicyclic amines) is 2. The summed E-state index contributed by atoms with van der Waals surface area (Å²) in [5.41, 5.74) is 0.0902. The first-order valence-corrected chi connectivity index (χ1v) is 8.39. The van der Waals surface area contributed by atoms with E-state index in [1.54, 1.807) is 23.6 Å². The van der Waals surface area contributed by atoms with Gasteiger partial charge in [-0.3, -0.25) is 9.59 Å². The van der Waals surface area contributed by atoms with Gasteiger partial charge in [0.15, 0.2) is 6.39 Å². The van der Waals surface area contributed by atoms with Gasteiger partial charge in [0, 0.05) is 26.6 Å². The lowest BCUT2D eigenvalue weighted by molar-refractivity contribution is -0.134. The van der Waals surface area contributed by atoms with Gasteiger partial charge in [0.05, 0.1) is 17.8 Å². The van der Waals surface area contributed by atoms with E-state index < -0.39 is 5.54 Å². The average molecular weight is 335 g/mol. The number of aliphatic hydroxyl groups excluding tert-OH is 1. The van der Waals surface area contributed by atoms with Crippen LogP contribution in [0, 0.1) is 12.3 Å². The molecule has 2 saturated heterocycles. The topological polar surface area (TPSA) is 86.9 Å². The molecule has 1 aromatic rings. The molecule has 1 atom stereocenters. The van der Waals surface area contributed by atoms with E-state index in [1.165, 1.54) is 6.39 Å². The molecule has 2 amide bonds. The lowest BCUT2D eigenvalue weighted by Crippen LogP contribution is -2.46. The van der Waals surface area contributed by atoms with Gasteiger partial charge in [0.1, 0.15) is 0 Å². The molecule has 0 aliphatic carbocycles. The SMILES string of the molecule is CC(=O)N1CC2(CCN(C(=O)c3ocnc3C)CC2)CC1(C)CO. The van der Waals surface area contributed by atoms with Gasteiger partial charge in [-0.2, -0.15) is 0 Å². The predicted octanol–water partition coefficient (Wildman–Crippen LogP) is 1.21. The number of carbonyl (C=O) groups excluding carboxylic acids is 2. The van der Waals surface area contributed by atoms with E-state index in [1.807, 2.05) is 6.92 Å². The molecule has 2 aliphatic rings. The quantitative estimate of drug-likeness (QED) is 0.878. The van der Waals surface area contributed by atoms with Gasteiger partial charge in [-0.15, -0.1) is 0 Å². The summed E-state index contributed by atoms with van der Waals surface area (Å²) >= 11 is 0. The summed E-state index contributed by atoms with van der Waals surface area (Å²) in [4.78, 5) is 32.0. The summed E-state index contributed by atoms with van der Waals surface area (Å²) in [6.45, 7) is 7.14. The van der Waals surface area contributed by atoms with Gasteiger partial charge >= 0.3 is 0 Å². The van der Waals surface area contributed by atoms with Crippen molar-refractivity contribution < 1.29 is 19.1 Å². The summed E-state index contributed by atoms with van der Waals surface area (Å²) in [5, 5.41) is 9.78. The van der Waals surface area contributed by atoms with Gasteiger partial charge < -0.3 is 19.3 Å². The Bertz CT molecular complexity index is 648. The van der Waals surface area contributed by atoms with Gasteiger partial charge in [-0.25, -0.2) is 4.98 Å². The maximum atomic E-state index is 12.5. The summed E-state index contributed by atoms with van der Waals surface area (Å²) in [7, 11) is 0. The highest BCUT2D eigenvalue weighted by Crippen LogP contribution is 2.48. The number of piperidine rings is 1. The van der Waals surface area contributed by atoms with Crippen molar-refractivity contribution in [2.24, 2.45) is 5.41 Å². The predicted molar refractivity (Wildman–Crippen MR) is 86.3 cm³/mol. The number of aliphatic hydroxyl groups is 1. The fraction of sp³-hybridized carbons (Fsp3) is 0.706. The van der Waals surface area contributed by atoms with Crippen molar-refractivity contribution in [3.05, 3.63) is 17.8 Å². The van der Waals surface area contributed by atoms with E-state index in [9.17, 15) is 14.7 Å². The molecular formula is C17H25N3O4. The highest BCUT2D eigenvalue weighted by Gasteiger charge is 2.52. The number of hydrogen-bond acceptors (Lipinski definition) is 5. The number of carbonyl (C=O) groups is 2. The second-order valence-corrected chi connectivity index (χ2v) is 7.50. The van der Waals surface area contributed by atoms with Crippen LogP contribution in [0.3, 0.4) is 0 Å². The number of amides is 2. The minimum Gasteiger partial charge on any atom is -0.438 e. The fourth-order valence-corrected chi connectivity index (χ4v) is 4.29. The van der Waals surface area contributed by atoms with Crippen LogP contribution in [0.15, 0.2) is 10.8 Å². The summed E-state index contributed by atoms with van der Waals surface area (Å²) in [6.07, 6.45) is 3.72. The van der Waals surface area contributed by atoms with Gasteiger partial charge in [0.25, 0.3) is 5.91 Å². The van der Waals surface area contributed by atoms with Gasteiger partial charge in [0.2, 0.25) is 11.7 Å². The summed E-state index contributed by atoms with van der Waals surface area (Å²) in [6, 6.07) is 0. The first-order valence-electron chi connectivity index (χ1n) is 8.39. The second kappa shape index (κ2) is 5.88. The van der Waals surface area contributed by atoms with Crippen LogP contribution in [0.1, 0.15) is 49.4 Å². The second-order valence-electron chi connectivity index (χ2n) is 7.50. The fourth-order valence-electron chi connectivity index (χ4n) is 4.29. The van der Waals surface area contributed by atoms with Crippen molar-refractivity contribution in [3.8, 4) is 0 Å². The third-order valence-electron chi connectivity index (χ3n) is 5.67. The molecule has 7 heteroatoms. The number of oxazole rings is 1. The van der Waals surface area contributed by atoms with E-state index >= 15 is 0 Å². The molecule has 0 saturated carbocycles. The maximum Gasteiger partial charge on any atom is 0.291 e. The van der Waals surface area contributed by atoms with Crippen molar-refractivity contribution in [1.29, 1.82) is 0 Å². The molecule has 2 fully saturated rings. The molecule has 132 valence electrons. The highest BCUT2D eigenvalue weighted by atomic mass is 16.3. The zero-order valence-electron chi connectivity index (χ0n) is 14.5. The van der Waals surface area contributed by atoms with E-state index in [2.05, 4.69) is 4.98 Å². The molecule has 7 nitrogen and oxygen atoms in total. The summed E-state index contributed by atoms with van der Waals surface area (Å²) < 4.78 is 5.21. The number of hydrogen-bond donors (Lipinski definition) is 1. The van der Waals surface area contributed by atoms with Crippen molar-refractivity contribution in [2.75, 3.05) is 26.2 Å². The van der Waals surface area contributed by atoms with Crippen molar-refractivity contribution >= 4 is 11.8 Å². The first kappa shape index (κ1) is 17.0. The monoisotopic (exact) mass is 335 g/mol. The van der Waals surface area contributed by atoms with Crippen molar-refractivity contribution in [2.45, 2.75) is 45.6 Å². The molecule has 24 heavy (non-hydrogen) atoms. The van der Waals surface area contributed by atoms with Crippen LogP contribution >= 0.6 is 0 Å². The Labute approximate surface area is 141 Å². The van der Waals surface area contributed by atoms with Gasteiger partial charge in [-0.05, 0) is 38.5 Å². The first-order chi connectivity index (χ1) is 11.3. The van der Waals surface area contributed by atoms with Crippen LogP contribution in [0.2, 0.25) is 0 Å². The van der Waals surface area contributed by atoms with Crippen LogP contribution < -0.4 is 0 Å². The Hall–Kier alpha value is -1.89. The number of aromatic nitrogens is 1. The zero-order chi connectivity index (χ0) is 17.5. The van der Waals surface area contributed by atoms with E-state index in [-0.39, 0.29) is 23.8 Å². The Morgan fingerprint density at radius 1 is 1.38 bits per heavy atom. The third kappa shape index (κ3) is 2.70. The molecule has 3 heterocycles. The Balaban J connectivity index is 1.70. The maximum absolute atomic E-state index is 12.5. The van der Waals surface area contributed by atoms with E-state index in [0.29, 0.717) is 31.1 Å². The molecule has 0 aromatic carbocycles. The highest BCUT2D eigenvalue weighted by molar-refractivity contribution is 5.92. The molecule has 3 rings (SSSR count). The van der Waals surface area contributed by atoms with Gasteiger partial charge in [-0.1, -0.05) is 0 Å². The van der Waals surface area contributed by atoms with E-state index in [4.69, 9.17) is 4.42 Å². The Morgan fingerprint density at radius 3 is 2.50 bits per heavy atom. The average Bonchev–Trinajstić information content (AvgIpc) is 3.10. The Kier molecular flexibility index (Phi) is 4.15. The molecule has 1 aromatic heterocycles. The smallest absolute Gasteiger partial charge is 0.291 e. The van der Waals surface area contributed by atoms with Crippen LogP contribution in [-0.4, -0.2) is 63.5 Å². The minimum absolute atomic E-state index is 0.000726. The molecule has 2 aliphatic heterocycles. The van der Waals surface area contributed by atoms with Crippen molar-refractivity contribution in [3.63, 3.8) is 0 Å². The van der Waals surface area contributed by atoms with Crippen LogP contribution in [0.4, 0.5) is 0 Å². The molecule has 0 radical (unpaired) electrons. The lowest BCUT2D eigenvalue weighted by atomic mass is 9.74. The molecule has 0 bridgehead atoms. The van der Waals surface area contributed by atoms with Crippen LogP contribution in [0.25, 0.3) is 0 Å². The van der Waals surface area contributed by atoms with Crippen LogP contribution in [-0.2, 0) is 4.79 Å². The standard InChI is InChI=1S/C17H25N3O4/c1-12-14(24-11-18-12)15(23)19-6-4-17(5-7-19)8-16(3,10-21)20(9-17)13(2)22/h11,21H,4-10H2,1-3H3. The number of nitrogens with zero attached hydrogens (tertiary/aromatic N) is 3. The molecule has 1 N–H and O–H groups in total. The lowest BCUT2D eigenvalue weighted by Gasteiger charge is -2.39. The summed E-state index contributed by atoms with van der Waals surface area (Å²) in [5.74, 6) is 0.188.